The van der Waals surface area contributed by atoms with Crippen molar-refractivity contribution in [3.8, 4) is 0 Å². The highest BCUT2D eigenvalue weighted by atomic mass is 79.9. The van der Waals surface area contributed by atoms with Gasteiger partial charge >= 0.3 is 5.91 Å². The fourth-order valence-electron chi connectivity index (χ4n) is 3.12. The number of aromatic nitrogens is 1. The summed E-state index contributed by atoms with van der Waals surface area (Å²) in [7, 11) is 0. The third-order valence-electron chi connectivity index (χ3n) is 4.35. The molecule has 3 aromatic rings. The highest BCUT2D eigenvalue weighted by Gasteiger charge is 2.47. The molecule has 1 aliphatic heterocycles. The second kappa shape index (κ2) is 7.29. The number of carbonyl (C=O) groups excluding carboxylic acids is 2. The normalized spacial score (nSPS) is 18.6. The third-order valence-corrected chi connectivity index (χ3v) is 5.62. The van der Waals surface area contributed by atoms with Gasteiger partial charge in [0.05, 0.1) is 11.6 Å². The zero-order valence-electron chi connectivity index (χ0n) is 14.2. The highest BCUT2D eigenvalue weighted by Crippen LogP contribution is 2.43. The van der Waals surface area contributed by atoms with Crippen LogP contribution >= 0.6 is 27.3 Å². The van der Waals surface area contributed by atoms with Gasteiger partial charge in [0.25, 0.3) is 5.78 Å². The Morgan fingerprint density at radius 3 is 2.57 bits per heavy atom. The van der Waals surface area contributed by atoms with Gasteiger partial charge in [-0.2, -0.15) is 0 Å². The summed E-state index contributed by atoms with van der Waals surface area (Å²) in [6, 6.07) is 11.4. The second-order valence-electron chi connectivity index (χ2n) is 6.05. The maximum absolute atomic E-state index is 13.3. The van der Waals surface area contributed by atoms with Gasteiger partial charge in [-0.05, 0) is 42.0 Å². The predicted molar refractivity (Wildman–Crippen MR) is 107 cm³/mol. The van der Waals surface area contributed by atoms with E-state index in [2.05, 4.69) is 20.9 Å². The molecule has 0 saturated carbocycles. The summed E-state index contributed by atoms with van der Waals surface area (Å²) >= 11 is 4.61. The lowest BCUT2D eigenvalue weighted by atomic mass is 9.95. The number of Topliss-reactive ketones (excluding diaryl/α,β-unsaturated/α-hetero) is 1. The summed E-state index contributed by atoms with van der Waals surface area (Å²) in [4.78, 5) is 31.1. The number of anilines is 1. The molecule has 1 atom stereocenters. The summed E-state index contributed by atoms with van der Waals surface area (Å²) in [6.07, 6.45) is 1.54. The summed E-state index contributed by atoms with van der Waals surface area (Å²) in [5.41, 5.74) is 0.816. The first-order chi connectivity index (χ1) is 13.5. The zero-order valence-corrected chi connectivity index (χ0v) is 16.6. The maximum atomic E-state index is 13.3. The Morgan fingerprint density at radius 2 is 1.93 bits per heavy atom. The molecule has 0 radical (unpaired) electrons. The van der Waals surface area contributed by atoms with Crippen LogP contribution in [0.25, 0.3) is 5.76 Å². The fourth-order valence-corrected chi connectivity index (χ4v) is 4.20. The number of amides is 1. The Bertz CT molecular complexity index is 1100. The molecule has 1 amide bonds. The van der Waals surface area contributed by atoms with E-state index in [9.17, 15) is 19.1 Å². The summed E-state index contributed by atoms with van der Waals surface area (Å²) in [6.45, 7) is 0. The fraction of sp³-hybridized carbons (Fsp3) is 0.0500. The molecule has 140 valence electrons. The molecular weight excluding hydrogens is 447 g/mol. The first-order valence-corrected chi connectivity index (χ1v) is 9.86. The summed E-state index contributed by atoms with van der Waals surface area (Å²) in [5.74, 6) is -2.42. The lowest BCUT2D eigenvalue weighted by Crippen LogP contribution is -2.29. The minimum absolute atomic E-state index is 0.0649. The van der Waals surface area contributed by atoms with Gasteiger partial charge < -0.3 is 5.11 Å². The number of ketones is 1. The Kier molecular flexibility index (Phi) is 4.82. The Labute approximate surface area is 171 Å². The molecule has 28 heavy (non-hydrogen) atoms. The first kappa shape index (κ1) is 18.5. The number of hydrogen-bond acceptors (Lipinski definition) is 5. The van der Waals surface area contributed by atoms with Crippen molar-refractivity contribution >= 4 is 49.8 Å². The Hall–Kier alpha value is -2.84. The van der Waals surface area contributed by atoms with E-state index in [-0.39, 0.29) is 16.9 Å². The maximum Gasteiger partial charge on any atom is 0.301 e. The van der Waals surface area contributed by atoms with Gasteiger partial charge in [0, 0.05) is 21.6 Å². The molecular formula is C20H12BrFN2O3S. The molecule has 1 unspecified atom stereocenters. The van der Waals surface area contributed by atoms with Gasteiger partial charge in [0.2, 0.25) is 0 Å². The van der Waals surface area contributed by atoms with Crippen molar-refractivity contribution in [2.75, 3.05) is 4.90 Å². The van der Waals surface area contributed by atoms with E-state index in [1.165, 1.54) is 46.7 Å². The van der Waals surface area contributed by atoms with Crippen molar-refractivity contribution in [1.29, 1.82) is 0 Å². The SMILES string of the molecule is O=C1C(=O)N(c2nccs2)C(c2cccc(Br)c2)/C1=C(\O)c1ccc(F)cc1. The molecule has 1 saturated heterocycles. The van der Waals surface area contributed by atoms with Crippen LogP contribution in [0.5, 0.6) is 0 Å². The number of aliphatic hydroxyl groups is 1. The molecule has 0 aliphatic carbocycles. The van der Waals surface area contributed by atoms with E-state index >= 15 is 0 Å². The molecule has 5 nitrogen and oxygen atoms in total. The topological polar surface area (TPSA) is 70.5 Å². The van der Waals surface area contributed by atoms with Crippen LogP contribution in [0.4, 0.5) is 9.52 Å². The van der Waals surface area contributed by atoms with Crippen molar-refractivity contribution in [3.05, 3.63) is 87.1 Å². The second-order valence-corrected chi connectivity index (χ2v) is 7.83. The van der Waals surface area contributed by atoms with E-state index in [0.29, 0.717) is 10.7 Å². The number of benzene rings is 2. The van der Waals surface area contributed by atoms with Gasteiger partial charge in [0.15, 0.2) is 5.13 Å². The molecule has 2 aromatic carbocycles. The van der Waals surface area contributed by atoms with E-state index in [0.717, 1.165) is 4.47 Å². The summed E-state index contributed by atoms with van der Waals surface area (Å²) in [5, 5.41) is 12.9. The summed E-state index contributed by atoms with van der Waals surface area (Å²) < 4.78 is 14.0. The van der Waals surface area contributed by atoms with Crippen LogP contribution in [0.1, 0.15) is 17.2 Å². The van der Waals surface area contributed by atoms with E-state index in [1.807, 2.05) is 6.07 Å². The average molecular weight is 459 g/mol. The highest BCUT2D eigenvalue weighted by molar-refractivity contribution is 9.10. The number of hydrogen-bond donors (Lipinski definition) is 1. The van der Waals surface area contributed by atoms with Gasteiger partial charge in [0.1, 0.15) is 11.6 Å². The number of thiazole rings is 1. The van der Waals surface area contributed by atoms with Crippen molar-refractivity contribution in [1.82, 2.24) is 4.98 Å². The first-order valence-electron chi connectivity index (χ1n) is 8.19. The molecule has 4 rings (SSSR count). The minimum Gasteiger partial charge on any atom is -0.507 e. The van der Waals surface area contributed by atoms with Crippen molar-refractivity contribution in [2.45, 2.75) is 6.04 Å². The molecule has 0 spiro atoms. The predicted octanol–water partition coefficient (Wildman–Crippen LogP) is 4.67. The van der Waals surface area contributed by atoms with Crippen LogP contribution in [0.3, 0.4) is 0 Å². The van der Waals surface area contributed by atoms with Crippen LogP contribution in [-0.4, -0.2) is 21.8 Å². The third kappa shape index (κ3) is 3.14. The van der Waals surface area contributed by atoms with Crippen molar-refractivity contribution in [3.63, 3.8) is 0 Å². The number of nitrogens with zero attached hydrogens (tertiary/aromatic N) is 2. The number of rotatable bonds is 3. The zero-order chi connectivity index (χ0) is 19.8. The quantitative estimate of drug-likeness (QED) is 0.351. The lowest BCUT2D eigenvalue weighted by molar-refractivity contribution is -0.132. The van der Waals surface area contributed by atoms with Crippen LogP contribution in [0.15, 0.2) is 70.2 Å². The monoisotopic (exact) mass is 458 g/mol. The molecule has 2 heterocycles. The largest absolute Gasteiger partial charge is 0.507 e. The van der Waals surface area contributed by atoms with Crippen LogP contribution in [0.2, 0.25) is 0 Å². The molecule has 1 aromatic heterocycles. The molecule has 8 heteroatoms. The van der Waals surface area contributed by atoms with Gasteiger partial charge in [-0.15, -0.1) is 11.3 Å². The standard InChI is InChI=1S/C20H12BrFN2O3S/c21-13-3-1-2-12(10-13)16-15(17(25)11-4-6-14(22)7-5-11)18(26)19(27)24(16)20-23-8-9-28-20/h1-10,16,25H/b17-15+. The van der Waals surface area contributed by atoms with E-state index < -0.39 is 23.5 Å². The molecule has 1 fully saturated rings. The van der Waals surface area contributed by atoms with Gasteiger partial charge in [-0.3, -0.25) is 14.5 Å². The minimum atomic E-state index is -0.853. The molecule has 1 aliphatic rings. The van der Waals surface area contributed by atoms with Crippen LogP contribution < -0.4 is 4.90 Å². The van der Waals surface area contributed by atoms with Crippen LogP contribution in [0, 0.1) is 5.82 Å². The lowest BCUT2D eigenvalue weighted by Gasteiger charge is -2.23. The number of carbonyl (C=O) groups is 2. The van der Waals surface area contributed by atoms with E-state index in [1.54, 1.807) is 23.6 Å². The van der Waals surface area contributed by atoms with E-state index in [4.69, 9.17) is 0 Å². The van der Waals surface area contributed by atoms with Gasteiger partial charge in [-0.25, -0.2) is 9.37 Å². The van der Waals surface area contributed by atoms with Crippen LogP contribution in [-0.2, 0) is 9.59 Å². The van der Waals surface area contributed by atoms with Crippen molar-refractivity contribution < 1.29 is 19.1 Å². The molecule has 0 bridgehead atoms. The average Bonchev–Trinajstić information content (AvgIpc) is 3.29. The Balaban J connectivity index is 1.95. The van der Waals surface area contributed by atoms with Crippen molar-refractivity contribution in [2.24, 2.45) is 0 Å². The smallest absolute Gasteiger partial charge is 0.301 e. The van der Waals surface area contributed by atoms with Gasteiger partial charge in [-0.1, -0.05) is 28.1 Å². The Morgan fingerprint density at radius 1 is 1.18 bits per heavy atom. The number of aliphatic hydroxyl groups excluding tert-OH is 1. The number of halogens is 2. The molecule has 1 N–H and O–H groups in total.